The van der Waals surface area contributed by atoms with E-state index in [9.17, 15) is 0 Å². The fourth-order valence-corrected chi connectivity index (χ4v) is 2.49. The Hall–Kier alpha value is -3.27. The molecule has 0 atom stereocenters. The number of hydrogen-bond donors (Lipinski definition) is 0. The van der Waals surface area contributed by atoms with Gasteiger partial charge in [-0.2, -0.15) is 0 Å². The van der Waals surface area contributed by atoms with E-state index in [0.717, 1.165) is 28.0 Å². The first kappa shape index (κ1) is 13.4. The molecule has 0 saturated heterocycles. The Labute approximate surface area is 133 Å². The summed E-state index contributed by atoms with van der Waals surface area (Å²) in [5.41, 5.74) is 5.16. The number of fused-ring (bicyclic) bond motifs is 1. The van der Waals surface area contributed by atoms with Crippen molar-refractivity contribution >= 4 is 23.2 Å². The van der Waals surface area contributed by atoms with Crippen LogP contribution in [-0.4, -0.2) is 19.5 Å². The van der Waals surface area contributed by atoms with E-state index in [2.05, 4.69) is 49.9 Å². The molecule has 0 aliphatic carbocycles. The summed E-state index contributed by atoms with van der Waals surface area (Å²) in [7, 11) is 0. The van der Waals surface area contributed by atoms with E-state index in [1.807, 2.05) is 36.7 Å². The van der Waals surface area contributed by atoms with Gasteiger partial charge in [0, 0.05) is 18.1 Å². The Kier molecular flexibility index (Phi) is 3.41. The van der Waals surface area contributed by atoms with Crippen LogP contribution in [0.3, 0.4) is 0 Å². The summed E-state index contributed by atoms with van der Waals surface area (Å²) < 4.78 is 2.09. The van der Waals surface area contributed by atoms with E-state index in [4.69, 9.17) is 0 Å². The maximum Gasteiger partial charge on any atom is 0.100 e. The van der Waals surface area contributed by atoms with Crippen LogP contribution in [0.1, 0.15) is 11.3 Å². The van der Waals surface area contributed by atoms with Crippen molar-refractivity contribution < 1.29 is 0 Å². The molecule has 0 radical (unpaired) electrons. The minimum atomic E-state index is 0.845. The quantitative estimate of drug-likeness (QED) is 0.574. The summed E-state index contributed by atoms with van der Waals surface area (Å²) in [5.74, 6) is 0. The van der Waals surface area contributed by atoms with Crippen LogP contribution in [0, 0.1) is 0 Å². The number of aromatic nitrogens is 4. The van der Waals surface area contributed by atoms with Crippen molar-refractivity contribution in [3.05, 3.63) is 84.7 Å². The molecule has 23 heavy (non-hydrogen) atoms. The van der Waals surface area contributed by atoms with Gasteiger partial charge < -0.3 is 0 Å². The normalized spacial score (nSPS) is 11.3. The molecule has 4 nitrogen and oxygen atoms in total. The van der Waals surface area contributed by atoms with Crippen LogP contribution in [0.25, 0.3) is 28.9 Å². The molecule has 0 aliphatic rings. The average molecular weight is 298 g/mol. The SMILES string of the molecule is C(=C\c1cnccn1)/c1ccc(-n2cnc3ccccc32)cc1. The van der Waals surface area contributed by atoms with Crippen LogP contribution in [0.5, 0.6) is 0 Å². The molecule has 0 aliphatic heterocycles. The summed E-state index contributed by atoms with van der Waals surface area (Å²) >= 11 is 0. The second-order valence-corrected chi connectivity index (χ2v) is 5.16. The molecule has 110 valence electrons. The Morgan fingerprint density at radius 3 is 2.52 bits per heavy atom. The molecule has 0 fully saturated rings. The summed E-state index contributed by atoms with van der Waals surface area (Å²) in [6.07, 6.45) is 10.9. The molecule has 0 spiro atoms. The number of nitrogens with zero attached hydrogens (tertiary/aromatic N) is 4. The van der Waals surface area contributed by atoms with Gasteiger partial charge in [0.1, 0.15) is 6.33 Å². The van der Waals surface area contributed by atoms with Crippen molar-refractivity contribution in [1.82, 2.24) is 19.5 Å². The molecule has 0 N–H and O–H groups in total. The number of benzene rings is 2. The van der Waals surface area contributed by atoms with Gasteiger partial charge in [0.15, 0.2) is 0 Å². The second-order valence-electron chi connectivity index (χ2n) is 5.16. The van der Waals surface area contributed by atoms with Gasteiger partial charge in [0.05, 0.1) is 22.9 Å². The fraction of sp³-hybridized carbons (Fsp3) is 0. The fourth-order valence-electron chi connectivity index (χ4n) is 2.49. The predicted molar refractivity (Wildman–Crippen MR) is 92.0 cm³/mol. The average Bonchev–Trinajstić information content (AvgIpc) is 3.05. The number of hydrogen-bond acceptors (Lipinski definition) is 3. The molecular formula is C19H14N4. The van der Waals surface area contributed by atoms with Crippen molar-refractivity contribution in [2.75, 3.05) is 0 Å². The third-order valence-electron chi connectivity index (χ3n) is 3.65. The highest BCUT2D eigenvalue weighted by Gasteiger charge is 2.03. The third-order valence-corrected chi connectivity index (χ3v) is 3.65. The first-order valence-corrected chi connectivity index (χ1v) is 7.37. The zero-order chi connectivity index (χ0) is 15.5. The maximum absolute atomic E-state index is 4.43. The Bertz CT molecular complexity index is 954. The summed E-state index contributed by atoms with van der Waals surface area (Å²) in [6.45, 7) is 0. The van der Waals surface area contributed by atoms with Crippen molar-refractivity contribution in [1.29, 1.82) is 0 Å². The lowest BCUT2D eigenvalue weighted by Gasteiger charge is -2.04. The van der Waals surface area contributed by atoms with Gasteiger partial charge in [-0.1, -0.05) is 30.3 Å². The van der Waals surface area contributed by atoms with Gasteiger partial charge in [0.2, 0.25) is 0 Å². The molecule has 0 amide bonds. The molecule has 0 saturated carbocycles. The van der Waals surface area contributed by atoms with E-state index in [1.54, 1.807) is 18.6 Å². The lowest BCUT2D eigenvalue weighted by molar-refractivity contribution is 1.09. The van der Waals surface area contributed by atoms with Crippen LogP contribution in [0.2, 0.25) is 0 Å². The monoisotopic (exact) mass is 298 g/mol. The highest BCUT2D eigenvalue weighted by Crippen LogP contribution is 2.18. The molecule has 0 bridgehead atoms. The van der Waals surface area contributed by atoms with E-state index >= 15 is 0 Å². The maximum atomic E-state index is 4.43. The van der Waals surface area contributed by atoms with Gasteiger partial charge in [-0.25, -0.2) is 4.98 Å². The predicted octanol–water partition coefficient (Wildman–Crippen LogP) is 3.99. The molecule has 4 aromatic rings. The Balaban J connectivity index is 1.62. The zero-order valence-corrected chi connectivity index (χ0v) is 12.4. The largest absolute Gasteiger partial charge is 0.299 e. The molecule has 2 aromatic carbocycles. The van der Waals surface area contributed by atoms with Crippen molar-refractivity contribution in [3.63, 3.8) is 0 Å². The number of para-hydroxylation sites is 2. The topological polar surface area (TPSA) is 43.6 Å². The molecule has 4 heteroatoms. The molecule has 4 rings (SSSR count). The Morgan fingerprint density at radius 2 is 1.70 bits per heavy atom. The van der Waals surface area contributed by atoms with Crippen LogP contribution in [0.15, 0.2) is 73.4 Å². The zero-order valence-electron chi connectivity index (χ0n) is 12.4. The van der Waals surface area contributed by atoms with Crippen LogP contribution < -0.4 is 0 Å². The highest BCUT2D eigenvalue weighted by molar-refractivity contribution is 5.77. The lowest BCUT2D eigenvalue weighted by atomic mass is 10.2. The van der Waals surface area contributed by atoms with Crippen molar-refractivity contribution in [2.24, 2.45) is 0 Å². The van der Waals surface area contributed by atoms with Gasteiger partial charge in [0.25, 0.3) is 0 Å². The van der Waals surface area contributed by atoms with Crippen LogP contribution >= 0.6 is 0 Å². The van der Waals surface area contributed by atoms with Crippen LogP contribution in [-0.2, 0) is 0 Å². The van der Waals surface area contributed by atoms with Crippen molar-refractivity contribution in [2.45, 2.75) is 0 Å². The minimum Gasteiger partial charge on any atom is -0.299 e. The first-order valence-electron chi connectivity index (χ1n) is 7.37. The van der Waals surface area contributed by atoms with E-state index in [-0.39, 0.29) is 0 Å². The van der Waals surface area contributed by atoms with E-state index < -0.39 is 0 Å². The standard InChI is InChI=1S/C19H14N4/c1-2-4-19-18(3-1)22-14-23(19)17-9-6-15(7-10-17)5-8-16-13-20-11-12-21-16/h1-14H/b8-5+. The first-order chi connectivity index (χ1) is 11.4. The molecular weight excluding hydrogens is 284 g/mol. The smallest absolute Gasteiger partial charge is 0.100 e. The highest BCUT2D eigenvalue weighted by atomic mass is 15.0. The number of rotatable bonds is 3. The summed E-state index contributed by atoms with van der Waals surface area (Å²) in [4.78, 5) is 12.7. The van der Waals surface area contributed by atoms with Gasteiger partial charge >= 0.3 is 0 Å². The molecule has 0 unspecified atom stereocenters. The van der Waals surface area contributed by atoms with Gasteiger partial charge in [-0.05, 0) is 35.9 Å². The second kappa shape index (κ2) is 5.85. The lowest BCUT2D eigenvalue weighted by Crippen LogP contribution is -1.91. The van der Waals surface area contributed by atoms with Gasteiger partial charge in [-0.3, -0.25) is 14.5 Å². The summed E-state index contributed by atoms with van der Waals surface area (Å²) in [6, 6.07) is 16.5. The van der Waals surface area contributed by atoms with Gasteiger partial charge in [-0.15, -0.1) is 0 Å². The molecule has 2 aromatic heterocycles. The third kappa shape index (κ3) is 2.74. The summed E-state index contributed by atoms with van der Waals surface area (Å²) in [5, 5.41) is 0. The Morgan fingerprint density at radius 1 is 0.826 bits per heavy atom. The number of imidazole rings is 1. The van der Waals surface area contributed by atoms with Crippen molar-refractivity contribution in [3.8, 4) is 5.69 Å². The molecule has 2 heterocycles. The van der Waals surface area contributed by atoms with E-state index in [0.29, 0.717) is 0 Å². The van der Waals surface area contributed by atoms with Crippen LogP contribution in [0.4, 0.5) is 0 Å². The van der Waals surface area contributed by atoms with E-state index in [1.165, 1.54) is 0 Å². The minimum absolute atomic E-state index is 0.845.